The Labute approximate surface area is 153 Å². The molecule has 0 spiro atoms. The first-order chi connectivity index (χ1) is 11.7. The Morgan fingerprint density at radius 2 is 1.79 bits per heavy atom. The largest absolute Gasteiger partial charge is 0.508 e. The predicted octanol–water partition coefficient (Wildman–Crippen LogP) is 5.57. The molecule has 5 heteroatoms. The van der Waals surface area contributed by atoms with Gasteiger partial charge >= 0.3 is 0 Å². The van der Waals surface area contributed by atoms with Gasteiger partial charge in [0.05, 0.1) is 22.3 Å². The molecule has 0 radical (unpaired) electrons. The van der Waals surface area contributed by atoms with E-state index >= 15 is 0 Å². The summed E-state index contributed by atoms with van der Waals surface area (Å²) in [5, 5.41) is 18.6. The Morgan fingerprint density at radius 3 is 2.46 bits per heavy atom. The van der Waals surface area contributed by atoms with Gasteiger partial charge in [0.2, 0.25) is 0 Å². The third-order valence-electron chi connectivity index (χ3n) is 4.08. The fourth-order valence-corrected chi connectivity index (χ4v) is 3.88. The van der Waals surface area contributed by atoms with Gasteiger partial charge in [-0.25, -0.2) is 0 Å². The number of hydrogen-bond donors (Lipinski definition) is 1. The van der Waals surface area contributed by atoms with Crippen molar-refractivity contribution in [2.45, 2.75) is 12.5 Å². The third-order valence-corrected chi connectivity index (χ3v) is 5.53. The Kier molecular flexibility index (Phi) is 4.12. The molecule has 0 aliphatic carbocycles. The molecule has 1 aliphatic rings. The second-order valence-electron chi connectivity index (χ2n) is 5.66. The lowest BCUT2D eigenvalue weighted by atomic mass is 10.0. The normalized spacial score (nSPS) is 17.1. The number of anilines is 1. The number of aromatic hydroxyl groups is 1. The molecule has 1 aliphatic heterocycles. The topological polar surface area (TPSA) is 35.8 Å². The van der Waals surface area contributed by atoms with Crippen molar-refractivity contribution in [3.8, 4) is 5.75 Å². The summed E-state index contributed by atoms with van der Waals surface area (Å²) in [7, 11) is 0. The minimum Gasteiger partial charge on any atom is -0.508 e. The highest BCUT2D eigenvalue weighted by Crippen LogP contribution is 2.38. The number of hydrogen-bond acceptors (Lipinski definition) is 4. The Morgan fingerprint density at radius 1 is 1.04 bits per heavy atom. The lowest BCUT2D eigenvalue weighted by molar-refractivity contribution is 0.475. The van der Waals surface area contributed by atoms with E-state index in [2.05, 4.69) is 50.6 Å². The summed E-state index contributed by atoms with van der Waals surface area (Å²) < 4.78 is 1.05. The molecule has 1 N–H and O–H groups in total. The van der Waals surface area contributed by atoms with Gasteiger partial charge in [0.1, 0.15) is 5.75 Å². The Balaban J connectivity index is 1.74. The van der Waals surface area contributed by atoms with E-state index in [-0.39, 0.29) is 11.8 Å². The molecule has 1 aromatic heterocycles. The smallest absolute Gasteiger partial charge is 0.115 e. The lowest BCUT2D eigenvalue weighted by Crippen LogP contribution is -2.18. The number of nitrogens with zero attached hydrogens (tertiary/aromatic N) is 2. The maximum absolute atomic E-state index is 9.57. The molecule has 3 aromatic rings. The van der Waals surface area contributed by atoms with Crippen LogP contribution in [0.3, 0.4) is 0 Å². The summed E-state index contributed by atoms with van der Waals surface area (Å²) in [6.07, 6.45) is 0.849. The maximum Gasteiger partial charge on any atom is 0.115 e. The molecule has 120 valence electrons. The molecule has 2 heterocycles. The van der Waals surface area contributed by atoms with Gasteiger partial charge in [0, 0.05) is 10.9 Å². The second-order valence-corrected chi connectivity index (χ2v) is 7.52. The molecule has 0 saturated heterocycles. The number of benzene rings is 2. The fraction of sp³-hybridized carbons (Fsp3) is 0.105. The van der Waals surface area contributed by atoms with Crippen molar-refractivity contribution in [2.24, 2.45) is 5.10 Å². The van der Waals surface area contributed by atoms with Crippen molar-refractivity contribution in [1.82, 2.24) is 0 Å². The zero-order chi connectivity index (χ0) is 16.5. The minimum atomic E-state index is 0.129. The van der Waals surface area contributed by atoms with Gasteiger partial charge in [-0.3, -0.25) is 5.01 Å². The van der Waals surface area contributed by atoms with E-state index in [0.29, 0.717) is 0 Å². The van der Waals surface area contributed by atoms with E-state index in [1.165, 1.54) is 4.88 Å². The molecule has 4 rings (SSSR count). The van der Waals surface area contributed by atoms with Gasteiger partial charge in [-0.05, 0) is 53.4 Å². The zero-order valence-corrected chi connectivity index (χ0v) is 15.2. The van der Waals surface area contributed by atoms with Crippen molar-refractivity contribution in [3.63, 3.8) is 0 Å². The van der Waals surface area contributed by atoms with E-state index in [9.17, 15) is 5.11 Å². The molecule has 2 aromatic carbocycles. The first-order valence-electron chi connectivity index (χ1n) is 7.66. The molecule has 3 nitrogen and oxygen atoms in total. The van der Waals surface area contributed by atoms with Crippen LogP contribution in [0.15, 0.2) is 75.6 Å². The highest BCUT2D eigenvalue weighted by atomic mass is 79.9. The van der Waals surface area contributed by atoms with Crippen LogP contribution in [0.4, 0.5) is 5.69 Å². The Bertz CT molecular complexity index is 857. The predicted molar refractivity (Wildman–Crippen MR) is 103 cm³/mol. The van der Waals surface area contributed by atoms with Crippen LogP contribution in [-0.2, 0) is 0 Å². The van der Waals surface area contributed by atoms with Gasteiger partial charge in [-0.15, -0.1) is 11.3 Å². The van der Waals surface area contributed by atoms with Gasteiger partial charge < -0.3 is 5.11 Å². The van der Waals surface area contributed by atoms with Crippen molar-refractivity contribution in [3.05, 3.63) is 81.0 Å². The maximum atomic E-state index is 9.57. The lowest BCUT2D eigenvalue weighted by Gasteiger charge is -2.24. The average Bonchev–Trinajstić information content (AvgIpc) is 3.26. The van der Waals surface area contributed by atoms with Crippen LogP contribution >= 0.6 is 27.3 Å². The molecule has 24 heavy (non-hydrogen) atoms. The molecular weight excluding hydrogens is 384 g/mol. The summed E-state index contributed by atoms with van der Waals surface area (Å²) in [4.78, 5) is 1.21. The molecule has 0 saturated carbocycles. The zero-order valence-electron chi connectivity index (χ0n) is 12.8. The highest BCUT2D eigenvalue weighted by molar-refractivity contribution is 9.10. The Hall–Kier alpha value is -2.11. The number of rotatable bonds is 3. The molecule has 0 amide bonds. The highest BCUT2D eigenvalue weighted by Gasteiger charge is 2.30. The molecule has 0 bridgehead atoms. The van der Waals surface area contributed by atoms with E-state index in [4.69, 9.17) is 5.10 Å². The average molecular weight is 399 g/mol. The number of hydrazone groups is 1. The van der Waals surface area contributed by atoms with Crippen LogP contribution in [0.5, 0.6) is 5.75 Å². The van der Waals surface area contributed by atoms with Gasteiger partial charge in [-0.2, -0.15) is 5.10 Å². The molecular formula is C19H15BrN2OS. The van der Waals surface area contributed by atoms with Crippen LogP contribution in [0.25, 0.3) is 0 Å². The first-order valence-corrected chi connectivity index (χ1v) is 9.33. The van der Waals surface area contributed by atoms with Crippen LogP contribution in [0.1, 0.15) is 22.9 Å². The molecule has 0 fully saturated rings. The van der Waals surface area contributed by atoms with Crippen molar-refractivity contribution in [2.75, 3.05) is 5.01 Å². The molecule has 1 atom stereocenters. The van der Waals surface area contributed by atoms with Crippen molar-refractivity contribution < 1.29 is 5.11 Å². The van der Waals surface area contributed by atoms with E-state index < -0.39 is 0 Å². The van der Waals surface area contributed by atoms with Gasteiger partial charge in [-0.1, -0.05) is 34.1 Å². The van der Waals surface area contributed by atoms with Crippen molar-refractivity contribution in [1.29, 1.82) is 0 Å². The monoisotopic (exact) mass is 398 g/mol. The minimum absolute atomic E-state index is 0.129. The fourth-order valence-electron chi connectivity index (χ4n) is 2.89. The van der Waals surface area contributed by atoms with Crippen LogP contribution in [0.2, 0.25) is 0 Å². The summed E-state index contributed by atoms with van der Waals surface area (Å²) in [6, 6.07) is 19.9. The summed E-state index contributed by atoms with van der Waals surface area (Å²) in [5.74, 6) is 0.284. The summed E-state index contributed by atoms with van der Waals surface area (Å²) >= 11 is 5.20. The van der Waals surface area contributed by atoms with Crippen LogP contribution in [0, 0.1) is 0 Å². The third kappa shape index (κ3) is 2.97. The van der Waals surface area contributed by atoms with Crippen LogP contribution in [-0.4, -0.2) is 10.8 Å². The summed E-state index contributed by atoms with van der Waals surface area (Å²) in [5.41, 5.74) is 3.31. The van der Waals surface area contributed by atoms with E-state index in [1.54, 1.807) is 23.5 Å². The van der Waals surface area contributed by atoms with E-state index in [1.807, 2.05) is 24.3 Å². The van der Waals surface area contributed by atoms with Crippen LogP contribution < -0.4 is 5.01 Å². The van der Waals surface area contributed by atoms with E-state index in [0.717, 1.165) is 27.9 Å². The number of phenols is 1. The van der Waals surface area contributed by atoms with Gasteiger partial charge in [0.15, 0.2) is 0 Å². The van der Waals surface area contributed by atoms with Gasteiger partial charge in [0.25, 0.3) is 0 Å². The number of phenolic OH excluding ortho intramolecular Hbond substituents is 1. The number of halogens is 1. The van der Waals surface area contributed by atoms with Crippen molar-refractivity contribution >= 4 is 38.7 Å². The summed E-state index contributed by atoms with van der Waals surface area (Å²) in [6.45, 7) is 0. The quantitative estimate of drug-likeness (QED) is 0.625. The second kappa shape index (κ2) is 6.42. The molecule has 1 unspecified atom stereocenters. The number of thiophene rings is 1. The SMILES string of the molecule is Oc1ccc(C2CC(c3cccs3)=NN2c2ccc(Br)cc2)cc1. The first kappa shape index (κ1) is 15.4. The standard InChI is InChI=1S/C19H15BrN2OS/c20-14-5-7-15(8-6-14)22-18(13-3-9-16(23)10-4-13)12-17(21-22)19-2-1-11-24-19/h1-11,18,23H,12H2.